The van der Waals surface area contributed by atoms with Gasteiger partial charge in [-0.2, -0.15) is 13.2 Å². The average Bonchev–Trinajstić information content (AvgIpc) is 2.90. The highest BCUT2D eigenvalue weighted by atomic mass is 32.2. The Morgan fingerprint density at radius 3 is 2.61 bits per heavy atom. The lowest BCUT2D eigenvalue weighted by molar-refractivity contribution is -0.144. The highest BCUT2D eigenvalue weighted by molar-refractivity contribution is 7.98. The molecule has 5 rings (SSSR count). The third-order valence-electron chi connectivity index (χ3n) is 5.79. The molecule has 4 aromatic rings. The monoisotopic (exact) mass is 510 g/mol. The van der Waals surface area contributed by atoms with Crippen molar-refractivity contribution in [3.63, 3.8) is 0 Å². The molecule has 1 N–H and O–H groups in total. The Hall–Kier alpha value is -3.79. The second kappa shape index (κ2) is 9.69. The number of nitrogens with one attached hydrogen (secondary N) is 1. The minimum Gasteiger partial charge on any atom is -0.490 e. The summed E-state index contributed by atoms with van der Waals surface area (Å²) >= 11 is 1.64. The molecule has 36 heavy (non-hydrogen) atoms. The molecule has 3 aromatic carbocycles. The summed E-state index contributed by atoms with van der Waals surface area (Å²) in [6.07, 6.45) is -2.69. The second-order valence-corrected chi connectivity index (χ2v) is 8.98. The number of ether oxygens (including phenoxy) is 1. The molecule has 0 saturated carbocycles. The predicted molar refractivity (Wildman–Crippen MR) is 133 cm³/mol. The molecule has 0 spiro atoms. The third-order valence-corrected chi connectivity index (χ3v) is 6.53. The van der Waals surface area contributed by atoms with Crippen molar-refractivity contribution in [3.05, 3.63) is 83.7 Å². The summed E-state index contributed by atoms with van der Waals surface area (Å²) in [6, 6.07) is 19.4. The maximum absolute atomic E-state index is 13.5. The van der Waals surface area contributed by atoms with E-state index in [2.05, 4.69) is 15.3 Å². The Morgan fingerprint density at radius 2 is 1.86 bits per heavy atom. The largest absolute Gasteiger partial charge is 0.490 e. The number of nitrogens with zero attached hydrogens (tertiary/aromatic N) is 3. The summed E-state index contributed by atoms with van der Waals surface area (Å²) in [7, 11) is 0. The fraction of sp³-hybridized carbons (Fsp3) is 0.192. The molecular weight excluding hydrogens is 489 g/mol. The minimum absolute atomic E-state index is 0.142. The molecule has 0 fully saturated rings. The molecule has 1 aromatic heterocycles. The number of alkyl halides is 3. The van der Waals surface area contributed by atoms with Gasteiger partial charge in [0, 0.05) is 22.4 Å². The fourth-order valence-electron chi connectivity index (χ4n) is 4.00. The van der Waals surface area contributed by atoms with Crippen molar-refractivity contribution in [2.24, 2.45) is 0 Å². The molecule has 0 bridgehead atoms. The van der Waals surface area contributed by atoms with E-state index in [0.717, 1.165) is 10.5 Å². The zero-order valence-corrected chi connectivity index (χ0v) is 20.0. The van der Waals surface area contributed by atoms with Crippen LogP contribution in [0.3, 0.4) is 0 Å². The van der Waals surface area contributed by atoms with Gasteiger partial charge in [0.2, 0.25) is 5.82 Å². The molecule has 6 nitrogen and oxygen atoms in total. The van der Waals surface area contributed by atoms with Crippen LogP contribution >= 0.6 is 11.8 Å². The summed E-state index contributed by atoms with van der Waals surface area (Å²) in [5, 5.41) is 3.38. The van der Waals surface area contributed by atoms with E-state index in [1.165, 1.54) is 6.07 Å². The molecule has 0 saturated heterocycles. The van der Waals surface area contributed by atoms with Crippen LogP contribution in [0.1, 0.15) is 21.7 Å². The molecule has 1 amide bonds. The van der Waals surface area contributed by atoms with Crippen LogP contribution in [-0.4, -0.2) is 35.3 Å². The highest BCUT2D eigenvalue weighted by Gasteiger charge is 2.36. The van der Waals surface area contributed by atoms with Crippen LogP contribution in [0.15, 0.2) is 71.6 Å². The number of para-hydroxylation sites is 1. The quantitative estimate of drug-likeness (QED) is 0.341. The number of anilines is 2. The van der Waals surface area contributed by atoms with Crippen molar-refractivity contribution >= 4 is 40.1 Å². The maximum atomic E-state index is 13.5. The van der Waals surface area contributed by atoms with Crippen molar-refractivity contribution < 1.29 is 22.7 Å². The van der Waals surface area contributed by atoms with Crippen LogP contribution in [0, 0.1) is 0 Å². The Morgan fingerprint density at radius 1 is 1.08 bits per heavy atom. The first kappa shape index (κ1) is 23.9. The smallest absolute Gasteiger partial charge is 0.451 e. The lowest BCUT2D eigenvalue weighted by Crippen LogP contribution is -2.31. The summed E-state index contributed by atoms with van der Waals surface area (Å²) in [6.45, 7) is 0.882. The van der Waals surface area contributed by atoms with Gasteiger partial charge in [0.1, 0.15) is 18.2 Å². The van der Waals surface area contributed by atoms with Crippen molar-refractivity contribution in [2.75, 3.05) is 24.3 Å². The van der Waals surface area contributed by atoms with Gasteiger partial charge in [0.15, 0.2) is 0 Å². The van der Waals surface area contributed by atoms with Crippen LogP contribution in [0.5, 0.6) is 5.75 Å². The number of carbonyl (C=O) groups is 1. The van der Waals surface area contributed by atoms with Gasteiger partial charge in [0.25, 0.3) is 5.91 Å². The Kier molecular flexibility index (Phi) is 6.44. The first-order valence-electron chi connectivity index (χ1n) is 11.1. The SMILES string of the molecule is CSc1ccc(CNC(=O)c2ccc3c(c2)OCCN3c2nc(C(F)(F)F)nc3ccccc23)cc1. The molecular formula is C26H21F3N4O2S. The van der Waals surface area contributed by atoms with Crippen LogP contribution in [0.4, 0.5) is 24.7 Å². The lowest BCUT2D eigenvalue weighted by Gasteiger charge is -2.31. The number of carbonyl (C=O) groups excluding carboxylic acids is 1. The van der Waals surface area contributed by atoms with Gasteiger partial charge in [-0.05, 0) is 54.3 Å². The van der Waals surface area contributed by atoms with Crippen molar-refractivity contribution in [2.45, 2.75) is 17.6 Å². The molecule has 184 valence electrons. The molecule has 0 atom stereocenters. The lowest BCUT2D eigenvalue weighted by atomic mass is 10.1. The van der Waals surface area contributed by atoms with E-state index in [1.54, 1.807) is 53.1 Å². The summed E-state index contributed by atoms with van der Waals surface area (Å²) in [5.74, 6) is -0.942. The van der Waals surface area contributed by atoms with Crippen LogP contribution < -0.4 is 15.0 Å². The van der Waals surface area contributed by atoms with Gasteiger partial charge < -0.3 is 15.0 Å². The number of rotatable bonds is 5. The van der Waals surface area contributed by atoms with Crippen LogP contribution in [0.2, 0.25) is 0 Å². The van der Waals surface area contributed by atoms with E-state index >= 15 is 0 Å². The second-order valence-electron chi connectivity index (χ2n) is 8.10. The van der Waals surface area contributed by atoms with Crippen molar-refractivity contribution in [1.29, 1.82) is 0 Å². The van der Waals surface area contributed by atoms with Gasteiger partial charge in [-0.3, -0.25) is 4.79 Å². The summed E-state index contributed by atoms with van der Waals surface area (Å²) in [5.41, 5.74) is 2.09. The molecule has 1 aliphatic rings. The van der Waals surface area contributed by atoms with E-state index in [1.807, 2.05) is 30.5 Å². The molecule has 0 aliphatic carbocycles. The average molecular weight is 511 g/mol. The number of hydrogen-bond acceptors (Lipinski definition) is 6. The number of aromatic nitrogens is 2. The Bertz CT molecular complexity index is 1430. The zero-order chi connectivity index (χ0) is 25.3. The number of benzene rings is 3. The normalized spacial score (nSPS) is 13.3. The number of thioether (sulfide) groups is 1. The number of hydrogen-bond donors (Lipinski definition) is 1. The number of fused-ring (bicyclic) bond motifs is 2. The van der Waals surface area contributed by atoms with Crippen LogP contribution in [-0.2, 0) is 12.7 Å². The number of halogens is 3. The summed E-state index contributed by atoms with van der Waals surface area (Å²) in [4.78, 5) is 23.2. The van der Waals surface area contributed by atoms with Crippen molar-refractivity contribution in [1.82, 2.24) is 15.3 Å². The molecule has 0 unspecified atom stereocenters. The minimum atomic E-state index is -4.69. The van der Waals surface area contributed by atoms with Gasteiger partial charge in [0.05, 0.1) is 17.7 Å². The Labute approximate surface area is 209 Å². The van der Waals surface area contributed by atoms with Crippen LogP contribution in [0.25, 0.3) is 10.9 Å². The van der Waals surface area contributed by atoms with E-state index in [-0.39, 0.29) is 23.8 Å². The molecule has 10 heteroatoms. The van der Waals surface area contributed by atoms with Gasteiger partial charge in [-0.15, -0.1) is 11.8 Å². The maximum Gasteiger partial charge on any atom is 0.451 e. The summed E-state index contributed by atoms with van der Waals surface area (Å²) < 4.78 is 46.3. The van der Waals surface area contributed by atoms with E-state index in [9.17, 15) is 18.0 Å². The van der Waals surface area contributed by atoms with E-state index in [0.29, 0.717) is 35.5 Å². The molecule has 0 radical (unpaired) electrons. The van der Waals surface area contributed by atoms with Gasteiger partial charge in [-0.1, -0.05) is 24.3 Å². The first-order valence-corrected chi connectivity index (χ1v) is 12.4. The first-order chi connectivity index (χ1) is 17.3. The van der Waals surface area contributed by atoms with Crippen molar-refractivity contribution in [3.8, 4) is 5.75 Å². The zero-order valence-electron chi connectivity index (χ0n) is 19.2. The topological polar surface area (TPSA) is 67.3 Å². The van der Waals surface area contributed by atoms with E-state index in [4.69, 9.17) is 4.74 Å². The third kappa shape index (κ3) is 4.81. The molecule has 2 heterocycles. The van der Waals surface area contributed by atoms with E-state index < -0.39 is 12.0 Å². The molecule has 1 aliphatic heterocycles. The van der Waals surface area contributed by atoms with Gasteiger partial charge >= 0.3 is 6.18 Å². The Balaban J connectivity index is 1.43. The number of amides is 1. The standard InChI is InChI=1S/C26H21F3N4O2S/c1-36-18-9-6-16(7-10-18)15-30-24(34)17-8-11-21-22(14-17)35-13-12-33(21)23-19-4-2-3-5-20(19)31-25(32-23)26(27,28)29/h2-11,14H,12-13,15H2,1H3,(H,30,34). The van der Waals surface area contributed by atoms with Gasteiger partial charge in [-0.25, -0.2) is 9.97 Å². The fourth-order valence-corrected chi connectivity index (χ4v) is 4.41. The highest BCUT2D eigenvalue weighted by Crippen LogP contribution is 2.40. The predicted octanol–water partition coefficient (Wildman–Crippen LogP) is 5.83.